The number of amides is 1. The van der Waals surface area contributed by atoms with Crippen molar-refractivity contribution in [2.75, 3.05) is 0 Å². The summed E-state index contributed by atoms with van der Waals surface area (Å²) >= 11 is 8.02. The molecule has 2 unspecified atom stereocenters. The van der Waals surface area contributed by atoms with Gasteiger partial charge in [0.2, 0.25) is 0 Å². The van der Waals surface area contributed by atoms with Gasteiger partial charge < -0.3 is 4.90 Å². The van der Waals surface area contributed by atoms with Crippen molar-refractivity contribution in [3.8, 4) is 0 Å². The van der Waals surface area contributed by atoms with E-state index >= 15 is 0 Å². The molecule has 0 saturated carbocycles. The van der Waals surface area contributed by atoms with Crippen molar-refractivity contribution in [1.82, 2.24) is 9.88 Å². The Bertz CT molecular complexity index is 785. The molecule has 0 aliphatic carbocycles. The lowest BCUT2D eigenvalue weighted by Gasteiger charge is -2.38. The van der Waals surface area contributed by atoms with Crippen molar-refractivity contribution < 1.29 is 4.79 Å². The number of aromatic nitrogens is 1. The fourth-order valence-electron chi connectivity index (χ4n) is 3.52. The van der Waals surface area contributed by atoms with Gasteiger partial charge in [-0.3, -0.25) is 4.79 Å². The minimum atomic E-state index is 0.0464. The lowest BCUT2D eigenvalue weighted by molar-refractivity contribution is 0.0504. The maximum absolute atomic E-state index is 13.0. The fraction of sp³-hybridized carbons (Fsp3) is 0.429. The van der Waals surface area contributed by atoms with Crippen molar-refractivity contribution in [2.24, 2.45) is 0 Å². The molecule has 2 atom stereocenters. The molecule has 3 nitrogen and oxygen atoms in total. The SMILES string of the molecule is Cc1cccc(SCc2cccc(C(=O)N3C(C)CCCC3C)n2)c1Cl. The van der Waals surface area contributed by atoms with E-state index in [1.165, 1.54) is 6.42 Å². The molecule has 1 fully saturated rings. The summed E-state index contributed by atoms with van der Waals surface area (Å²) in [7, 11) is 0. The van der Waals surface area contributed by atoms with Crippen LogP contribution in [0.2, 0.25) is 5.02 Å². The summed E-state index contributed by atoms with van der Waals surface area (Å²) in [6.45, 7) is 6.27. The average molecular weight is 389 g/mol. The number of thioether (sulfide) groups is 1. The van der Waals surface area contributed by atoms with Crippen LogP contribution in [0.15, 0.2) is 41.3 Å². The average Bonchev–Trinajstić information content (AvgIpc) is 2.63. The fourth-order valence-corrected chi connectivity index (χ4v) is 4.73. The van der Waals surface area contributed by atoms with Crippen LogP contribution in [0, 0.1) is 6.92 Å². The Morgan fingerprint density at radius 2 is 1.88 bits per heavy atom. The van der Waals surface area contributed by atoms with Crippen molar-refractivity contribution in [3.63, 3.8) is 0 Å². The van der Waals surface area contributed by atoms with Crippen LogP contribution < -0.4 is 0 Å². The molecule has 26 heavy (non-hydrogen) atoms. The molecule has 1 aromatic carbocycles. The first kappa shape index (κ1) is 19.2. The Morgan fingerprint density at radius 1 is 1.19 bits per heavy atom. The van der Waals surface area contributed by atoms with E-state index in [0.29, 0.717) is 11.4 Å². The monoisotopic (exact) mass is 388 g/mol. The van der Waals surface area contributed by atoms with E-state index in [9.17, 15) is 4.79 Å². The molecule has 1 saturated heterocycles. The lowest BCUT2D eigenvalue weighted by atomic mass is 9.97. The number of benzene rings is 1. The van der Waals surface area contributed by atoms with Crippen molar-refractivity contribution >= 4 is 29.3 Å². The van der Waals surface area contributed by atoms with Gasteiger partial charge in [-0.1, -0.05) is 29.8 Å². The number of nitrogens with zero attached hydrogens (tertiary/aromatic N) is 2. The summed E-state index contributed by atoms with van der Waals surface area (Å²) in [5, 5.41) is 0.792. The van der Waals surface area contributed by atoms with Gasteiger partial charge >= 0.3 is 0 Å². The van der Waals surface area contributed by atoms with Gasteiger partial charge in [0.25, 0.3) is 5.91 Å². The van der Waals surface area contributed by atoms with Gasteiger partial charge in [0.05, 0.1) is 10.7 Å². The Morgan fingerprint density at radius 3 is 2.62 bits per heavy atom. The zero-order valence-electron chi connectivity index (χ0n) is 15.5. The molecule has 5 heteroatoms. The molecule has 2 aromatic rings. The smallest absolute Gasteiger partial charge is 0.272 e. The first-order valence-electron chi connectivity index (χ1n) is 9.14. The van der Waals surface area contributed by atoms with E-state index < -0.39 is 0 Å². The number of rotatable bonds is 4. The predicted molar refractivity (Wildman–Crippen MR) is 109 cm³/mol. The minimum absolute atomic E-state index is 0.0464. The van der Waals surface area contributed by atoms with Gasteiger partial charge in [-0.25, -0.2) is 4.98 Å². The summed E-state index contributed by atoms with van der Waals surface area (Å²) in [5.74, 6) is 0.736. The Kier molecular flexibility index (Phi) is 6.25. The Balaban J connectivity index is 1.73. The van der Waals surface area contributed by atoms with Crippen LogP contribution in [0.3, 0.4) is 0 Å². The third-order valence-corrected chi connectivity index (χ3v) is 6.69. The quantitative estimate of drug-likeness (QED) is 0.626. The summed E-state index contributed by atoms with van der Waals surface area (Å²) in [4.78, 5) is 20.7. The van der Waals surface area contributed by atoms with E-state index in [1.807, 2.05) is 48.2 Å². The van der Waals surface area contributed by atoms with Gasteiger partial charge in [0, 0.05) is 22.7 Å². The number of carbonyl (C=O) groups is 1. The molecule has 1 aromatic heterocycles. The molecule has 1 aliphatic rings. The normalized spacial score (nSPS) is 20.2. The molecule has 0 N–H and O–H groups in total. The number of hydrogen-bond donors (Lipinski definition) is 0. The van der Waals surface area contributed by atoms with Crippen LogP contribution in [-0.4, -0.2) is 27.9 Å². The van der Waals surface area contributed by atoms with Crippen molar-refractivity contribution in [3.05, 3.63) is 58.4 Å². The maximum atomic E-state index is 13.0. The molecule has 0 bridgehead atoms. The van der Waals surface area contributed by atoms with E-state index in [1.54, 1.807) is 11.8 Å². The number of piperidine rings is 1. The number of pyridine rings is 1. The van der Waals surface area contributed by atoms with E-state index in [-0.39, 0.29) is 18.0 Å². The minimum Gasteiger partial charge on any atom is -0.332 e. The van der Waals surface area contributed by atoms with Crippen LogP contribution in [0.5, 0.6) is 0 Å². The topological polar surface area (TPSA) is 33.2 Å². The van der Waals surface area contributed by atoms with Gasteiger partial charge in [0.15, 0.2) is 0 Å². The first-order chi connectivity index (χ1) is 12.5. The Hall–Kier alpha value is -1.52. The Labute approximate surface area is 165 Å². The maximum Gasteiger partial charge on any atom is 0.272 e. The molecule has 2 heterocycles. The summed E-state index contributed by atoms with van der Waals surface area (Å²) in [5.41, 5.74) is 2.51. The zero-order chi connectivity index (χ0) is 18.7. The second kappa shape index (κ2) is 8.45. The van der Waals surface area contributed by atoms with Gasteiger partial charge in [-0.2, -0.15) is 0 Å². The second-order valence-electron chi connectivity index (χ2n) is 7.03. The zero-order valence-corrected chi connectivity index (χ0v) is 17.1. The summed E-state index contributed by atoms with van der Waals surface area (Å²) < 4.78 is 0. The van der Waals surface area contributed by atoms with Crippen molar-refractivity contribution in [2.45, 2.75) is 62.8 Å². The number of aryl methyl sites for hydroxylation is 1. The van der Waals surface area contributed by atoms with Gasteiger partial charge in [0.1, 0.15) is 5.69 Å². The highest BCUT2D eigenvalue weighted by atomic mass is 35.5. The molecule has 1 amide bonds. The highest BCUT2D eigenvalue weighted by Gasteiger charge is 2.30. The number of carbonyl (C=O) groups excluding carboxylic acids is 1. The second-order valence-corrected chi connectivity index (χ2v) is 8.43. The molecule has 1 aliphatic heterocycles. The third-order valence-electron chi connectivity index (χ3n) is 4.99. The molecular formula is C21H25ClN2OS. The molecule has 3 rings (SSSR count). The first-order valence-corrected chi connectivity index (χ1v) is 10.5. The van der Waals surface area contributed by atoms with Gasteiger partial charge in [-0.05, 0) is 63.8 Å². The van der Waals surface area contributed by atoms with Crippen LogP contribution >= 0.6 is 23.4 Å². The number of halogens is 1. The third kappa shape index (κ3) is 4.24. The number of hydrogen-bond acceptors (Lipinski definition) is 3. The predicted octanol–water partition coefficient (Wildman–Crippen LogP) is 5.74. The van der Waals surface area contributed by atoms with E-state index in [2.05, 4.69) is 18.8 Å². The highest BCUT2D eigenvalue weighted by Crippen LogP contribution is 2.31. The van der Waals surface area contributed by atoms with Crippen molar-refractivity contribution in [1.29, 1.82) is 0 Å². The molecule has 0 radical (unpaired) electrons. The molecule has 0 spiro atoms. The summed E-state index contributed by atoms with van der Waals surface area (Å²) in [6.07, 6.45) is 3.32. The highest BCUT2D eigenvalue weighted by molar-refractivity contribution is 7.98. The summed E-state index contributed by atoms with van der Waals surface area (Å²) in [6, 6.07) is 12.3. The lowest BCUT2D eigenvalue weighted by Crippen LogP contribution is -2.47. The van der Waals surface area contributed by atoms with E-state index in [0.717, 1.165) is 34.0 Å². The molecule has 138 valence electrons. The largest absolute Gasteiger partial charge is 0.332 e. The van der Waals surface area contributed by atoms with Crippen LogP contribution in [0.4, 0.5) is 0 Å². The van der Waals surface area contributed by atoms with Crippen LogP contribution in [0.25, 0.3) is 0 Å². The molecular weight excluding hydrogens is 364 g/mol. The number of likely N-dealkylation sites (tertiary alicyclic amines) is 1. The van der Waals surface area contributed by atoms with E-state index in [4.69, 9.17) is 11.6 Å². The van der Waals surface area contributed by atoms with Crippen LogP contribution in [0.1, 0.15) is 54.9 Å². The van der Waals surface area contributed by atoms with Crippen LogP contribution in [-0.2, 0) is 5.75 Å². The standard InChI is InChI=1S/C21H25ClN2OS/c1-14-7-4-12-19(20(14)22)26-13-17-10-6-11-18(23-17)21(25)24-15(2)8-5-9-16(24)3/h4,6-7,10-12,15-16H,5,8-9,13H2,1-3H3. The van der Waals surface area contributed by atoms with Gasteiger partial charge in [-0.15, -0.1) is 11.8 Å².